The van der Waals surface area contributed by atoms with Gasteiger partial charge in [-0.15, -0.1) is 0 Å². The number of aliphatic hydroxyl groups excluding tert-OH is 2. The number of hydrogen-bond donors (Lipinski definition) is 4. The van der Waals surface area contributed by atoms with Crippen molar-refractivity contribution in [1.82, 2.24) is 20.6 Å². The van der Waals surface area contributed by atoms with Crippen LogP contribution >= 0.6 is 0 Å². The number of carbonyl (C=O) groups is 2. The minimum atomic E-state index is -0.908. The normalized spacial score (nSPS) is 27.3. The molecule has 1 heterocycles. The Kier molecular flexibility index (Phi) is 14.7. The molecule has 9 atom stereocenters. The summed E-state index contributed by atoms with van der Waals surface area (Å²) >= 11 is 0. The number of hydroxylamine groups is 2. The van der Waals surface area contributed by atoms with Crippen molar-refractivity contribution < 1.29 is 29.4 Å². The van der Waals surface area contributed by atoms with Gasteiger partial charge in [-0.05, 0) is 105 Å². The van der Waals surface area contributed by atoms with E-state index < -0.39 is 24.2 Å². The van der Waals surface area contributed by atoms with Crippen molar-refractivity contribution in [3.63, 3.8) is 0 Å². The fraction of sp³-hybridized carbons (Fsp3) is 0.702. The molecule has 0 aromatic heterocycles. The Balaban J connectivity index is 1.51. The van der Waals surface area contributed by atoms with E-state index in [2.05, 4.69) is 77.0 Å². The smallest absolute Gasteiger partial charge is 0.251 e. The SMILES string of the molecule is C[C@@H]1[C@@H](NC(=O)[C@@H]2[C@H]([C@H](C)O)[C@H](CO)ON2Cc2cccc(-c3cc(C(=O)N[C@H](CN(C)C)CC(C)(C)C)cc(N(C)C)c3)c2OCC2CC2)C[C@@H](C)C(C)(C)[C@H]1C. The van der Waals surface area contributed by atoms with Gasteiger partial charge in [0, 0.05) is 61.0 Å². The summed E-state index contributed by atoms with van der Waals surface area (Å²) in [7, 11) is 7.99. The van der Waals surface area contributed by atoms with Gasteiger partial charge in [-0.1, -0.05) is 73.6 Å². The lowest BCUT2D eigenvalue weighted by Crippen LogP contribution is -2.56. The van der Waals surface area contributed by atoms with E-state index >= 15 is 0 Å². The third kappa shape index (κ3) is 10.9. The van der Waals surface area contributed by atoms with Crippen LogP contribution in [0.5, 0.6) is 5.75 Å². The number of rotatable bonds is 16. The van der Waals surface area contributed by atoms with Gasteiger partial charge in [-0.25, -0.2) is 0 Å². The summed E-state index contributed by atoms with van der Waals surface area (Å²) in [4.78, 5) is 39.1. The molecule has 3 aliphatic rings. The van der Waals surface area contributed by atoms with E-state index in [0.717, 1.165) is 54.6 Å². The first-order valence-corrected chi connectivity index (χ1v) is 21.7. The summed E-state index contributed by atoms with van der Waals surface area (Å²) in [6, 6.07) is 11.0. The molecule has 11 nitrogen and oxygen atoms in total. The van der Waals surface area contributed by atoms with E-state index in [-0.39, 0.29) is 53.8 Å². The minimum Gasteiger partial charge on any atom is -0.492 e. The molecule has 2 saturated carbocycles. The van der Waals surface area contributed by atoms with Crippen molar-refractivity contribution in [1.29, 1.82) is 0 Å². The molecule has 11 heteroatoms. The molecule has 0 unspecified atom stereocenters. The molecule has 324 valence electrons. The lowest BCUT2D eigenvalue weighted by Gasteiger charge is -2.50. The molecule has 4 N–H and O–H groups in total. The van der Waals surface area contributed by atoms with Crippen molar-refractivity contribution in [3.05, 3.63) is 47.5 Å². The van der Waals surface area contributed by atoms with Gasteiger partial charge in [0.05, 0.1) is 25.9 Å². The second-order valence-corrected chi connectivity index (χ2v) is 20.3. The standard InChI is InChI=1S/C47H75N5O6/c1-28-19-39(29(2)30(3)47(28,8)9)49-45(56)42-41(31(4)54)40(26-53)58-52(42)24-33-15-14-16-38(43(33)57-27-32-17-18-32)34-20-35(22-37(21-34)51(12)13)44(55)48-36(25-50(10)11)23-46(5,6)7/h14-16,20-22,28-32,36,39-42,53-54H,17-19,23-27H2,1-13H3,(H,48,55)(H,49,56)/t28-,29+,30+,31+,36+,39+,40+,41-,42+/m1/s1. The Hall–Kier alpha value is -3.22. The third-order valence-corrected chi connectivity index (χ3v) is 13.6. The zero-order chi connectivity index (χ0) is 42.9. The van der Waals surface area contributed by atoms with Crippen molar-refractivity contribution in [3.8, 4) is 16.9 Å². The highest BCUT2D eigenvalue weighted by Gasteiger charge is 2.51. The summed E-state index contributed by atoms with van der Waals surface area (Å²) in [5, 5.41) is 30.0. The number of nitrogens with one attached hydrogen (secondary N) is 2. The van der Waals surface area contributed by atoms with Crippen LogP contribution in [0.2, 0.25) is 0 Å². The summed E-state index contributed by atoms with van der Waals surface area (Å²) in [5.41, 5.74) is 4.11. The van der Waals surface area contributed by atoms with E-state index in [1.165, 1.54) is 0 Å². The van der Waals surface area contributed by atoms with Crippen LogP contribution in [0, 0.1) is 40.4 Å². The van der Waals surface area contributed by atoms with Crippen LogP contribution in [0.3, 0.4) is 0 Å². The van der Waals surface area contributed by atoms with Crippen molar-refractivity contribution in [2.45, 2.75) is 125 Å². The zero-order valence-electron chi connectivity index (χ0n) is 37.8. The maximum atomic E-state index is 14.5. The molecule has 2 amide bonds. The van der Waals surface area contributed by atoms with Gasteiger partial charge in [0.2, 0.25) is 5.91 Å². The number of nitrogens with zero attached hydrogens (tertiary/aromatic N) is 3. The molecule has 2 aromatic rings. The van der Waals surface area contributed by atoms with Crippen LogP contribution in [0.1, 0.15) is 104 Å². The molecular weight excluding hydrogens is 731 g/mol. The van der Waals surface area contributed by atoms with Gasteiger partial charge in [-0.3, -0.25) is 14.4 Å². The Morgan fingerprint density at radius 1 is 1.07 bits per heavy atom. The topological polar surface area (TPSA) is 127 Å². The number of carbonyl (C=O) groups excluding carboxylic acids is 2. The van der Waals surface area contributed by atoms with Gasteiger partial charge in [-0.2, -0.15) is 5.06 Å². The molecular formula is C47H75N5O6. The molecule has 0 spiro atoms. The first-order chi connectivity index (χ1) is 27.1. The number of para-hydroxylation sites is 1. The zero-order valence-corrected chi connectivity index (χ0v) is 37.8. The molecule has 3 fully saturated rings. The van der Waals surface area contributed by atoms with Crippen LogP contribution in [-0.4, -0.2) is 110 Å². The maximum Gasteiger partial charge on any atom is 0.251 e. The van der Waals surface area contributed by atoms with E-state index in [1.807, 2.05) is 63.4 Å². The van der Waals surface area contributed by atoms with Gasteiger partial charge in [0.25, 0.3) is 5.91 Å². The average Bonchev–Trinajstić information content (AvgIpc) is 3.89. The van der Waals surface area contributed by atoms with Gasteiger partial charge < -0.3 is 35.4 Å². The number of benzene rings is 2. The molecule has 58 heavy (non-hydrogen) atoms. The highest BCUT2D eigenvalue weighted by atomic mass is 16.7. The van der Waals surface area contributed by atoms with Gasteiger partial charge in [0.15, 0.2) is 0 Å². The number of amides is 2. The van der Waals surface area contributed by atoms with Crippen LogP contribution in [0.4, 0.5) is 5.69 Å². The molecule has 2 aromatic carbocycles. The summed E-state index contributed by atoms with van der Waals surface area (Å²) in [6.07, 6.45) is 2.25. The van der Waals surface area contributed by atoms with Crippen LogP contribution in [0.15, 0.2) is 36.4 Å². The van der Waals surface area contributed by atoms with Gasteiger partial charge >= 0.3 is 0 Å². The first kappa shape index (κ1) is 45.9. The molecule has 0 radical (unpaired) electrons. The number of aliphatic hydroxyl groups is 2. The number of likely N-dealkylation sites (N-methyl/N-ethyl adjacent to an activating group) is 1. The number of hydrogen-bond acceptors (Lipinski definition) is 9. The molecule has 1 aliphatic heterocycles. The lowest BCUT2D eigenvalue weighted by molar-refractivity contribution is -0.182. The highest BCUT2D eigenvalue weighted by Crippen LogP contribution is 2.48. The quantitative estimate of drug-likeness (QED) is 0.149. The molecule has 0 bridgehead atoms. The molecule has 1 saturated heterocycles. The fourth-order valence-electron chi connectivity index (χ4n) is 9.23. The second-order valence-electron chi connectivity index (χ2n) is 20.3. The maximum absolute atomic E-state index is 14.5. The summed E-state index contributed by atoms with van der Waals surface area (Å²) in [6.45, 7) is 20.8. The Morgan fingerprint density at radius 3 is 2.34 bits per heavy atom. The van der Waals surface area contributed by atoms with Crippen molar-refractivity contribution >= 4 is 17.5 Å². The van der Waals surface area contributed by atoms with E-state index in [0.29, 0.717) is 35.7 Å². The Bertz CT molecular complexity index is 1720. The lowest BCUT2D eigenvalue weighted by atomic mass is 9.58. The fourth-order valence-corrected chi connectivity index (χ4v) is 9.23. The largest absolute Gasteiger partial charge is 0.492 e. The summed E-state index contributed by atoms with van der Waals surface area (Å²) in [5.74, 6) is 1.21. The van der Waals surface area contributed by atoms with Crippen LogP contribution in [0.25, 0.3) is 11.1 Å². The van der Waals surface area contributed by atoms with Crippen molar-refractivity contribution in [2.75, 3.05) is 52.8 Å². The molecule has 2 aliphatic carbocycles. The second kappa shape index (κ2) is 18.6. The minimum absolute atomic E-state index is 0.0297. The van der Waals surface area contributed by atoms with Crippen LogP contribution in [-0.2, 0) is 16.2 Å². The monoisotopic (exact) mass is 806 g/mol. The first-order valence-electron chi connectivity index (χ1n) is 21.7. The predicted molar refractivity (Wildman–Crippen MR) is 233 cm³/mol. The van der Waals surface area contributed by atoms with Crippen LogP contribution < -0.4 is 20.3 Å². The highest BCUT2D eigenvalue weighted by molar-refractivity contribution is 5.97. The average molecular weight is 806 g/mol. The van der Waals surface area contributed by atoms with Gasteiger partial charge in [0.1, 0.15) is 17.9 Å². The molecule has 5 rings (SSSR count). The number of anilines is 1. The van der Waals surface area contributed by atoms with Crippen molar-refractivity contribution in [2.24, 2.45) is 40.4 Å². The van der Waals surface area contributed by atoms with E-state index in [4.69, 9.17) is 9.57 Å². The van der Waals surface area contributed by atoms with E-state index in [1.54, 1.807) is 12.0 Å². The number of ether oxygens (including phenoxy) is 1. The Labute approximate surface area is 349 Å². The Morgan fingerprint density at radius 2 is 1.76 bits per heavy atom. The van der Waals surface area contributed by atoms with E-state index in [9.17, 15) is 19.8 Å². The third-order valence-electron chi connectivity index (χ3n) is 13.6. The summed E-state index contributed by atoms with van der Waals surface area (Å²) < 4.78 is 6.72. The predicted octanol–water partition coefficient (Wildman–Crippen LogP) is 6.60.